The van der Waals surface area contributed by atoms with E-state index in [2.05, 4.69) is 4.74 Å². The molecular weight excluding hydrogens is 222 g/mol. The first-order chi connectivity index (χ1) is 7.99. The third-order valence-electron chi connectivity index (χ3n) is 2.07. The van der Waals surface area contributed by atoms with E-state index in [1.165, 1.54) is 14.2 Å². The summed E-state index contributed by atoms with van der Waals surface area (Å²) in [5.41, 5.74) is 6.38. The van der Waals surface area contributed by atoms with Gasteiger partial charge in [-0.05, 0) is 19.9 Å². The first-order valence-corrected chi connectivity index (χ1v) is 5.22. The number of carbonyl (C=O) groups excluding carboxylic acids is 1. The van der Waals surface area contributed by atoms with Crippen LogP contribution in [0.4, 0.5) is 5.69 Å². The van der Waals surface area contributed by atoms with Crippen molar-refractivity contribution in [3.63, 3.8) is 0 Å². The summed E-state index contributed by atoms with van der Waals surface area (Å²) in [6, 6.07) is 3.17. The predicted octanol–water partition coefficient (Wildman–Crippen LogP) is 1.85. The van der Waals surface area contributed by atoms with Crippen LogP contribution < -0.4 is 15.2 Å². The lowest BCUT2D eigenvalue weighted by atomic mass is 10.1. The fraction of sp³-hybridized carbons (Fsp3) is 0.417. The van der Waals surface area contributed by atoms with Gasteiger partial charge in [0.05, 0.1) is 26.0 Å². The molecule has 0 radical (unpaired) electrons. The van der Waals surface area contributed by atoms with Crippen molar-refractivity contribution in [3.05, 3.63) is 17.7 Å². The molecule has 0 unspecified atom stereocenters. The molecule has 0 aliphatic heterocycles. The summed E-state index contributed by atoms with van der Waals surface area (Å²) < 4.78 is 15.2. The molecule has 5 heteroatoms. The van der Waals surface area contributed by atoms with Gasteiger partial charge in [0.2, 0.25) is 0 Å². The van der Waals surface area contributed by atoms with Gasteiger partial charge in [-0.3, -0.25) is 0 Å². The average Bonchev–Trinajstić information content (AvgIpc) is 2.26. The number of benzene rings is 1. The van der Waals surface area contributed by atoms with Crippen LogP contribution in [-0.4, -0.2) is 26.3 Å². The Kier molecular flexibility index (Phi) is 4.20. The van der Waals surface area contributed by atoms with E-state index in [-0.39, 0.29) is 11.7 Å². The maximum absolute atomic E-state index is 11.6. The summed E-state index contributed by atoms with van der Waals surface area (Å²) in [5, 5.41) is 0. The van der Waals surface area contributed by atoms with Crippen LogP contribution in [0.1, 0.15) is 24.2 Å². The summed E-state index contributed by atoms with van der Waals surface area (Å²) in [4.78, 5) is 11.6. The molecule has 0 aromatic heterocycles. The third kappa shape index (κ3) is 3.03. The molecule has 0 saturated heterocycles. The van der Waals surface area contributed by atoms with Gasteiger partial charge in [-0.2, -0.15) is 0 Å². The average molecular weight is 239 g/mol. The molecule has 0 aliphatic carbocycles. The van der Waals surface area contributed by atoms with Crippen LogP contribution in [0, 0.1) is 0 Å². The quantitative estimate of drug-likeness (QED) is 0.641. The number of methoxy groups -OCH3 is 2. The Bertz CT molecular complexity index is 415. The largest absolute Gasteiger partial charge is 0.494 e. The summed E-state index contributed by atoms with van der Waals surface area (Å²) in [6.45, 7) is 3.77. The minimum Gasteiger partial charge on any atom is -0.494 e. The number of hydrogen-bond acceptors (Lipinski definition) is 5. The molecule has 1 aromatic carbocycles. The van der Waals surface area contributed by atoms with Crippen molar-refractivity contribution in [2.75, 3.05) is 20.0 Å². The van der Waals surface area contributed by atoms with E-state index < -0.39 is 5.97 Å². The minimum absolute atomic E-state index is 0.00621. The van der Waals surface area contributed by atoms with Gasteiger partial charge in [-0.25, -0.2) is 4.79 Å². The number of nitrogen functional groups attached to an aromatic ring is 1. The van der Waals surface area contributed by atoms with Crippen LogP contribution >= 0.6 is 0 Å². The highest BCUT2D eigenvalue weighted by Crippen LogP contribution is 2.32. The fourth-order valence-corrected chi connectivity index (χ4v) is 1.45. The Morgan fingerprint density at radius 1 is 1.29 bits per heavy atom. The van der Waals surface area contributed by atoms with E-state index in [0.717, 1.165) is 0 Å². The van der Waals surface area contributed by atoms with E-state index >= 15 is 0 Å². The van der Waals surface area contributed by atoms with Gasteiger partial charge in [-0.1, -0.05) is 0 Å². The van der Waals surface area contributed by atoms with Crippen molar-refractivity contribution in [1.29, 1.82) is 0 Å². The van der Waals surface area contributed by atoms with Crippen molar-refractivity contribution in [2.45, 2.75) is 20.0 Å². The number of rotatable bonds is 4. The summed E-state index contributed by atoms with van der Waals surface area (Å²) in [6.07, 6.45) is -0.00621. The van der Waals surface area contributed by atoms with Crippen molar-refractivity contribution >= 4 is 11.7 Å². The number of hydrogen-bond donors (Lipinski definition) is 1. The highest BCUT2D eigenvalue weighted by atomic mass is 16.5. The van der Waals surface area contributed by atoms with Crippen LogP contribution in [-0.2, 0) is 4.74 Å². The standard InChI is InChI=1S/C12H17NO4/c1-7(2)17-8-5-9(12(14)16-4)11(15-3)10(13)6-8/h5-7H,13H2,1-4H3. The number of nitrogens with two attached hydrogens (primary N) is 1. The van der Waals surface area contributed by atoms with E-state index in [4.69, 9.17) is 15.2 Å². The Morgan fingerprint density at radius 3 is 2.41 bits per heavy atom. The van der Waals surface area contributed by atoms with Crippen molar-refractivity contribution in [1.82, 2.24) is 0 Å². The number of anilines is 1. The van der Waals surface area contributed by atoms with Gasteiger partial charge in [-0.15, -0.1) is 0 Å². The monoisotopic (exact) mass is 239 g/mol. The topological polar surface area (TPSA) is 70.8 Å². The Hall–Kier alpha value is -1.91. The lowest BCUT2D eigenvalue weighted by Crippen LogP contribution is -2.10. The molecule has 0 bridgehead atoms. The van der Waals surface area contributed by atoms with E-state index in [1.807, 2.05) is 13.8 Å². The summed E-state index contributed by atoms with van der Waals surface area (Å²) in [5.74, 6) is 0.300. The van der Waals surface area contributed by atoms with Crippen LogP contribution in [0.15, 0.2) is 12.1 Å². The molecule has 1 rings (SSSR count). The molecule has 0 spiro atoms. The van der Waals surface area contributed by atoms with Gasteiger partial charge < -0.3 is 19.9 Å². The molecule has 1 aromatic rings. The Balaban J connectivity index is 3.23. The molecule has 5 nitrogen and oxygen atoms in total. The molecule has 0 amide bonds. The molecule has 0 atom stereocenters. The van der Waals surface area contributed by atoms with Crippen molar-refractivity contribution in [2.24, 2.45) is 0 Å². The molecule has 0 aliphatic rings. The SMILES string of the molecule is COC(=O)c1cc(OC(C)C)cc(N)c1OC. The molecule has 2 N–H and O–H groups in total. The first-order valence-electron chi connectivity index (χ1n) is 5.22. The van der Waals surface area contributed by atoms with Gasteiger partial charge >= 0.3 is 5.97 Å². The van der Waals surface area contributed by atoms with Gasteiger partial charge in [0.15, 0.2) is 5.75 Å². The molecule has 94 valence electrons. The minimum atomic E-state index is -0.511. The van der Waals surface area contributed by atoms with Crippen LogP contribution in [0.5, 0.6) is 11.5 Å². The van der Waals surface area contributed by atoms with Crippen molar-refractivity contribution in [3.8, 4) is 11.5 Å². The summed E-state index contributed by atoms with van der Waals surface area (Å²) >= 11 is 0. The highest BCUT2D eigenvalue weighted by Gasteiger charge is 2.17. The zero-order valence-electron chi connectivity index (χ0n) is 10.4. The third-order valence-corrected chi connectivity index (χ3v) is 2.07. The molecule has 0 fully saturated rings. The van der Waals surface area contributed by atoms with Gasteiger partial charge in [0.1, 0.15) is 11.3 Å². The predicted molar refractivity (Wildman–Crippen MR) is 64.5 cm³/mol. The first kappa shape index (κ1) is 13.2. The second kappa shape index (κ2) is 5.43. The Labute approximate surface area is 100 Å². The normalized spacial score (nSPS) is 10.2. The van der Waals surface area contributed by atoms with Crippen LogP contribution in [0.3, 0.4) is 0 Å². The number of ether oxygens (including phenoxy) is 3. The lowest BCUT2D eigenvalue weighted by molar-refractivity contribution is 0.0596. The summed E-state index contributed by atoms with van der Waals surface area (Å²) in [7, 11) is 2.75. The smallest absolute Gasteiger partial charge is 0.341 e. The number of carbonyl (C=O) groups is 1. The fourth-order valence-electron chi connectivity index (χ4n) is 1.45. The van der Waals surface area contributed by atoms with E-state index in [0.29, 0.717) is 17.2 Å². The lowest BCUT2D eigenvalue weighted by Gasteiger charge is -2.14. The number of esters is 1. The van der Waals surface area contributed by atoms with E-state index in [9.17, 15) is 4.79 Å². The van der Waals surface area contributed by atoms with Crippen molar-refractivity contribution < 1.29 is 19.0 Å². The molecule has 17 heavy (non-hydrogen) atoms. The maximum Gasteiger partial charge on any atom is 0.341 e. The second-order valence-electron chi connectivity index (χ2n) is 3.75. The van der Waals surface area contributed by atoms with Crippen LogP contribution in [0.25, 0.3) is 0 Å². The Morgan fingerprint density at radius 2 is 1.94 bits per heavy atom. The highest BCUT2D eigenvalue weighted by molar-refractivity contribution is 5.95. The van der Waals surface area contributed by atoms with E-state index in [1.54, 1.807) is 12.1 Å². The molecule has 0 saturated carbocycles. The second-order valence-corrected chi connectivity index (χ2v) is 3.75. The zero-order chi connectivity index (χ0) is 13.0. The van der Waals surface area contributed by atoms with Gasteiger partial charge in [0.25, 0.3) is 0 Å². The maximum atomic E-state index is 11.6. The van der Waals surface area contributed by atoms with Gasteiger partial charge in [0, 0.05) is 6.07 Å². The van der Waals surface area contributed by atoms with Crippen LogP contribution in [0.2, 0.25) is 0 Å². The zero-order valence-corrected chi connectivity index (χ0v) is 10.4. The molecule has 0 heterocycles. The molecular formula is C12H17NO4.